The van der Waals surface area contributed by atoms with E-state index < -0.39 is 11.7 Å². The lowest BCUT2D eigenvalue weighted by Gasteiger charge is -2.43. The fourth-order valence-corrected chi connectivity index (χ4v) is 3.97. The molecule has 7 nitrogen and oxygen atoms in total. The van der Waals surface area contributed by atoms with Crippen LogP contribution in [-0.4, -0.2) is 63.0 Å². The number of hydrogen-bond acceptors (Lipinski definition) is 4. The predicted molar refractivity (Wildman–Crippen MR) is 113 cm³/mol. The van der Waals surface area contributed by atoms with Gasteiger partial charge in [0, 0.05) is 43.0 Å². The first kappa shape index (κ1) is 19.8. The molecule has 1 aromatic carbocycles. The minimum absolute atomic E-state index is 0.0459. The molecule has 0 spiro atoms. The van der Waals surface area contributed by atoms with Crippen LogP contribution in [0.2, 0.25) is 0 Å². The maximum Gasteiger partial charge on any atom is 0.295 e. The topological polar surface area (TPSA) is 86.4 Å². The number of carbonyl (C=O) groups is 3. The number of nitrogens with one attached hydrogen (secondary N) is 1. The average molecular weight is 404 g/mol. The third-order valence-electron chi connectivity index (χ3n) is 5.65. The number of hydrogen-bond donors (Lipinski definition) is 1. The van der Waals surface area contributed by atoms with Crippen molar-refractivity contribution in [3.63, 3.8) is 0 Å². The molecule has 154 valence electrons. The second-order valence-electron chi connectivity index (χ2n) is 7.86. The Bertz CT molecular complexity index is 1090. The number of pyridine rings is 1. The Morgan fingerprint density at radius 2 is 1.83 bits per heavy atom. The fourth-order valence-electron chi connectivity index (χ4n) is 3.97. The minimum Gasteiger partial charge on any atom is -0.345 e. The monoisotopic (exact) mass is 404 g/mol. The Balaban J connectivity index is 1.53. The molecule has 2 amide bonds. The molecular weight excluding hydrogens is 380 g/mol. The van der Waals surface area contributed by atoms with Crippen LogP contribution in [0, 0.1) is 5.92 Å². The van der Waals surface area contributed by atoms with Gasteiger partial charge in [0.05, 0.1) is 11.6 Å². The van der Waals surface area contributed by atoms with Crippen molar-refractivity contribution in [1.82, 2.24) is 19.8 Å². The largest absolute Gasteiger partial charge is 0.345 e. The number of fused-ring (bicyclic) bond motifs is 1. The lowest BCUT2D eigenvalue weighted by molar-refractivity contribution is -0.129. The third-order valence-corrected chi connectivity index (χ3v) is 5.65. The molecule has 30 heavy (non-hydrogen) atoms. The second-order valence-corrected chi connectivity index (χ2v) is 7.86. The second kappa shape index (κ2) is 8.10. The van der Waals surface area contributed by atoms with E-state index in [2.05, 4.69) is 9.97 Å². The van der Waals surface area contributed by atoms with Crippen LogP contribution in [0.25, 0.3) is 11.0 Å². The van der Waals surface area contributed by atoms with Gasteiger partial charge in [-0.05, 0) is 30.2 Å². The zero-order valence-electron chi connectivity index (χ0n) is 17.0. The third kappa shape index (κ3) is 3.58. The lowest BCUT2D eigenvalue weighted by Crippen LogP contribution is -2.59. The van der Waals surface area contributed by atoms with E-state index in [-0.39, 0.29) is 17.9 Å². The van der Waals surface area contributed by atoms with E-state index >= 15 is 0 Å². The van der Waals surface area contributed by atoms with Crippen molar-refractivity contribution in [1.29, 1.82) is 0 Å². The number of aromatic nitrogens is 2. The number of aromatic amines is 1. The van der Waals surface area contributed by atoms with Crippen molar-refractivity contribution >= 4 is 28.6 Å². The Labute approximate surface area is 174 Å². The molecule has 0 aliphatic carbocycles. The highest BCUT2D eigenvalue weighted by Crippen LogP contribution is 2.22. The number of ketones is 1. The Morgan fingerprint density at radius 1 is 1.07 bits per heavy atom. The highest BCUT2D eigenvalue weighted by molar-refractivity contribution is 6.44. The van der Waals surface area contributed by atoms with Gasteiger partial charge in [0.25, 0.3) is 17.6 Å². The van der Waals surface area contributed by atoms with Crippen molar-refractivity contribution in [2.45, 2.75) is 19.9 Å². The van der Waals surface area contributed by atoms with Gasteiger partial charge in [-0.1, -0.05) is 32.0 Å². The van der Waals surface area contributed by atoms with Gasteiger partial charge in [0.1, 0.15) is 5.65 Å². The first-order valence-electron chi connectivity index (χ1n) is 10.1. The van der Waals surface area contributed by atoms with Crippen molar-refractivity contribution < 1.29 is 14.4 Å². The van der Waals surface area contributed by atoms with Gasteiger partial charge in [-0.25, -0.2) is 4.98 Å². The van der Waals surface area contributed by atoms with E-state index in [9.17, 15) is 14.4 Å². The molecule has 1 unspecified atom stereocenters. The number of piperazine rings is 1. The number of amides is 2. The van der Waals surface area contributed by atoms with Crippen molar-refractivity contribution in [3.8, 4) is 0 Å². The molecule has 1 atom stereocenters. The van der Waals surface area contributed by atoms with Crippen LogP contribution in [0.5, 0.6) is 0 Å². The molecule has 1 aliphatic heterocycles. The number of benzene rings is 1. The first-order chi connectivity index (χ1) is 14.5. The van der Waals surface area contributed by atoms with Gasteiger partial charge in [-0.15, -0.1) is 0 Å². The highest BCUT2D eigenvalue weighted by atomic mass is 16.2. The van der Waals surface area contributed by atoms with Crippen molar-refractivity contribution in [2.24, 2.45) is 5.92 Å². The summed E-state index contributed by atoms with van der Waals surface area (Å²) >= 11 is 0. The summed E-state index contributed by atoms with van der Waals surface area (Å²) in [5.41, 5.74) is 1.53. The molecule has 2 aromatic heterocycles. The molecule has 1 fully saturated rings. The normalized spacial score (nSPS) is 16.8. The molecular formula is C23H24N4O3. The van der Waals surface area contributed by atoms with Crippen LogP contribution in [0.3, 0.4) is 0 Å². The molecule has 7 heteroatoms. The molecule has 0 radical (unpaired) electrons. The van der Waals surface area contributed by atoms with Crippen LogP contribution in [0.1, 0.15) is 34.6 Å². The zero-order chi connectivity index (χ0) is 21.3. The van der Waals surface area contributed by atoms with E-state index in [0.29, 0.717) is 41.8 Å². The number of nitrogens with zero attached hydrogens (tertiary/aromatic N) is 3. The summed E-state index contributed by atoms with van der Waals surface area (Å²) in [6.45, 7) is 5.10. The molecule has 1 saturated heterocycles. The smallest absolute Gasteiger partial charge is 0.295 e. The lowest BCUT2D eigenvalue weighted by atomic mass is 9.97. The van der Waals surface area contributed by atoms with Crippen LogP contribution in [-0.2, 0) is 4.79 Å². The summed E-state index contributed by atoms with van der Waals surface area (Å²) in [5, 5.41) is 0.633. The summed E-state index contributed by atoms with van der Waals surface area (Å²) in [4.78, 5) is 49.4. The maximum absolute atomic E-state index is 13.0. The molecule has 0 saturated carbocycles. The van der Waals surface area contributed by atoms with Gasteiger partial charge >= 0.3 is 0 Å². The predicted octanol–water partition coefficient (Wildman–Crippen LogP) is 2.75. The van der Waals surface area contributed by atoms with Crippen LogP contribution in [0.15, 0.2) is 54.9 Å². The van der Waals surface area contributed by atoms with Gasteiger partial charge in [0.15, 0.2) is 0 Å². The Kier molecular flexibility index (Phi) is 5.35. The van der Waals surface area contributed by atoms with E-state index in [1.54, 1.807) is 35.4 Å². The molecule has 1 aliphatic rings. The number of Topliss-reactive ketones (excluding diaryl/α,β-unsaturated/α-hetero) is 1. The Morgan fingerprint density at radius 3 is 2.57 bits per heavy atom. The van der Waals surface area contributed by atoms with Crippen LogP contribution < -0.4 is 0 Å². The average Bonchev–Trinajstić information content (AvgIpc) is 3.22. The summed E-state index contributed by atoms with van der Waals surface area (Å²) < 4.78 is 0. The molecule has 4 rings (SSSR count). The van der Waals surface area contributed by atoms with Gasteiger partial charge in [-0.3, -0.25) is 14.4 Å². The highest BCUT2D eigenvalue weighted by Gasteiger charge is 2.36. The SMILES string of the molecule is CC(C)C1CN(C(=O)C(=O)c2c[nH]c3ncccc23)CCN1C(=O)c1ccccc1. The summed E-state index contributed by atoms with van der Waals surface area (Å²) in [6.07, 6.45) is 3.16. The van der Waals surface area contributed by atoms with Gasteiger partial charge in [0.2, 0.25) is 0 Å². The summed E-state index contributed by atoms with van der Waals surface area (Å²) in [7, 11) is 0. The zero-order valence-corrected chi connectivity index (χ0v) is 17.0. The van der Waals surface area contributed by atoms with E-state index in [1.165, 1.54) is 6.20 Å². The summed E-state index contributed by atoms with van der Waals surface area (Å²) in [5.74, 6) is -1.01. The molecule has 3 aromatic rings. The van der Waals surface area contributed by atoms with E-state index in [4.69, 9.17) is 0 Å². The van der Waals surface area contributed by atoms with Crippen LogP contribution in [0.4, 0.5) is 0 Å². The molecule has 3 heterocycles. The standard InChI is InChI=1S/C23H24N4O3/c1-15(2)19-14-26(11-12-27(19)22(29)16-7-4-3-5-8-16)23(30)20(28)18-13-25-21-17(18)9-6-10-24-21/h3-10,13,15,19H,11-12,14H2,1-2H3,(H,24,25). The minimum atomic E-state index is -0.556. The maximum atomic E-state index is 13.0. The quantitative estimate of drug-likeness (QED) is 0.535. The summed E-state index contributed by atoms with van der Waals surface area (Å²) in [6, 6.07) is 12.5. The molecule has 1 N–H and O–H groups in total. The van der Waals surface area contributed by atoms with E-state index in [1.807, 2.05) is 36.9 Å². The first-order valence-corrected chi connectivity index (χ1v) is 10.1. The van der Waals surface area contributed by atoms with Gasteiger partial charge in [-0.2, -0.15) is 0 Å². The van der Waals surface area contributed by atoms with Crippen molar-refractivity contribution in [2.75, 3.05) is 19.6 Å². The fraction of sp³-hybridized carbons (Fsp3) is 0.304. The number of carbonyl (C=O) groups excluding carboxylic acids is 3. The van der Waals surface area contributed by atoms with Gasteiger partial charge < -0.3 is 14.8 Å². The van der Waals surface area contributed by atoms with Crippen molar-refractivity contribution in [3.05, 3.63) is 66.0 Å². The molecule has 0 bridgehead atoms. The van der Waals surface area contributed by atoms with Crippen LogP contribution >= 0.6 is 0 Å². The Hall–Kier alpha value is -3.48. The number of rotatable bonds is 4. The number of H-pyrrole nitrogens is 1. The van der Waals surface area contributed by atoms with E-state index in [0.717, 1.165) is 0 Å².